The van der Waals surface area contributed by atoms with Gasteiger partial charge in [0.1, 0.15) is 0 Å². The van der Waals surface area contributed by atoms with Gasteiger partial charge in [0.05, 0.1) is 16.9 Å². The first-order chi connectivity index (χ1) is 13.6. The highest BCUT2D eigenvalue weighted by Crippen LogP contribution is 2.48. The lowest BCUT2D eigenvalue weighted by Crippen LogP contribution is -2.47. The van der Waals surface area contributed by atoms with Gasteiger partial charge in [-0.25, -0.2) is 5.01 Å². The molecule has 1 unspecified atom stereocenters. The van der Waals surface area contributed by atoms with Crippen molar-refractivity contribution in [1.29, 1.82) is 0 Å². The summed E-state index contributed by atoms with van der Waals surface area (Å²) in [6.07, 6.45) is 0. The van der Waals surface area contributed by atoms with E-state index in [1.807, 2.05) is 36.4 Å². The highest BCUT2D eigenvalue weighted by atomic mass is 35.5. The zero-order valence-electron chi connectivity index (χ0n) is 14.4. The lowest BCUT2D eigenvalue weighted by molar-refractivity contribution is -0.130. The van der Waals surface area contributed by atoms with E-state index in [0.29, 0.717) is 32.9 Å². The molecule has 1 spiro atoms. The van der Waals surface area contributed by atoms with Crippen molar-refractivity contribution in [3.05, 3.63) is 94.0 Å². The van der Waals surface area contributed by atoms with E-state index in [4.69, 9.17) is 27.9 Å². The van der Waals surface area contributed by atoms with E-state index < -0.39 is 5.72 Å². The standard InChI is InChI=1S/C21H13Cl2N3O2/c22-14-7-4-8-16(11-14)26-21(28-19(25-26)13-5-2-1-3-6-13)17-10-9-15(23)12-18(17)24-20(21)27/h1-12H,(H,24,27). The first-order valence-corrected chi connectivity index (χ1v) is 9.34. The van der Waals surface area contributed by atoms with E-state index in [0.717, 1.165) is 5.56 Å². The summed E-state index contributed by atoms with van der Waals surface area (Å²) in [7, 11) is 0. The number of nitrogens with zero attached hydrogens (tertiary/aromatic N) is 2. The monoisotopic (exact) mass is 409 g/mol. The molecule has 28 heavy (non-hydrogen) atoms. The molecule has 0 saturated carbocycles. The van der Waals surface area contributed by atoms with Crippen LogP contribution in [-0.2, 0) is 15.3 Å². The van der Waals surface area contributed by atoms with Crippen molar-refractivity contribution in [3.8, 4) is 0 Å². The SMILES string of the molecule is O=C1Nc2cc(Cl)ccc2C12OC(c1ccccc1)=NN2c1cccc(Cl)c1. The van der Waals surface area contributed by atoms with Gasteiger partial charge >= 0.3 is 5.72 Å². The second kappa shape index (κ2) is 6.26. The third-order valence-corrected chi connectivity index (χ3v) is 5.18. The minimum Gasteiger partial charge on any atom is -0.433 e. The third kappa shape index (κ3) is 2.47. The van der Waals surface area contributed by atoms with Crippen LogP contribution in [0.3, 0.4) is 0 Å². The fourth-order valence-corrected chi connectivity index (χ4v) is 3.82. The molecule has 0 fully saturated rings. The number of amides is 1. The lowest BCUT2D eigenvalue weighted by Gasteiger charge is -2.30. The lowest BCUT2D eigenvalue weighted by atomic mass is 10.0. The number of fused-ring (bicyclic) bond motifs is 2. The molecule has 138 valence electrons. The number of carbonyl (C=O) groups is 1. The summed E-state index contributed by atoms with van der Waals surface area (Å²) in [6.45, 7) is 0. The molecule has 0 radical (unpaired) electrons. The largest absolute Gasteiger partial charge is 0.433 e. The van der Waals surface area contributed by atoms with Gasteiger partial charge < -0.3 is 10.1 Å². The topological polar surface area (TPSA) is 53.9 Å². The average molecular weight is 410 g/mol. The summed E-state index contributed by atoms with van der Waals surface area (Å²) < 4.78 is 6.26. The molecule has 0 saturated heterocycles. The number of anilines is 2. The Kier molecular flexibility index (Phi) is 3.82. The van der Waals surface area contributed by atoms with Gasteiger partial charge in [0.2, 0.25) is 5.90 Å². The Morgan fingerprint density at radius 1 is 0.929 bits per heavy atom. The smallest absolute Gasteiger partial charge is 0.311 e. The molecule has 1 atom stereocenters. The Labute approximate surface area is 171 Å². The summed E-state index contributed by atoms with van der Waals surface area (Å²) in [5.41, 5.74) is 1.15. The number of halogens is 2. The van der Waals surface area contributed by atoms with Crippen molar-refractivity contribution in [3.63, 3.8) is 0 Å². The number of hydrogen-bond acceptors (Lipinski definition) is 4. The van der Waals surface area contributed by atoms with Crippen LogP contribution in [0.5, 0.6) is 0 Å². The van der Waals surface area contributed by atoms with Crippen LogP contribution in [0.4, 0.5) is 11.4 Å². The van der Waals surface area contributed by atoms with Crippen LogP contribution in [-0.4, -0.2) is 11.8 Å². The van der Waals surface area contributed by atoms with Crippen molar-refractivity contribution in [2.24, 2.45) is 5.10 Å². The third-order valence-electron chi connectivity index (χ3n) is 4.71. The number of ether oxygens (including phenoxy) is 1. The van der Waals surface area contributed by atoms with Crippen molar-refractivity contribution < 1.29 is 9.53 Å². The zero-order valence-corrected chi connectivity index (χ0v) is 15.9. The maximum atomic E-state index is 13.2. The minimum absolute atomic E-state index is 0.346. The van der Waals surface area contributed by atoms with Gasteiger partial charge in [-0.05, 0) is 48.5 Å². The van der Waals surface area contributed by atoms with Crippen molar-refractivity contribution in [2.45, 2.75) is 5.72 Å². The fourth-order valence-electron chi connectivity index (χ4n) is 3.47. The Morgan fingerprint density at radius 3 is 2.50 bits per heavy atom. The van der Waals surface area contributed by atoms with Crippen LogP contribution in [0, 0.1) is 0 Å². The molecule has 3 aromatic carbocycles. The van der Waals surface area contributed by atoms with Crippen LogP contribution >= 0.6 is 23.2 Å². The fraction of sp³-hybridized carbons (Fsp3) is 0.0476. The maximum absolute atomic E-state index is 13.2. The Hall–Kier alpha value is -3.02. The van der Waals surface area contributed by atoms with Gasteiger partial charge in [-0.3, -0.25) is 4.79 Å². The number of benzene rings is 3. The summed E-state index contributed by atoms with van der Waals surface area (Å²) in [5.74, 6) is -0.00190. The molecule has 2 heterocycles. The zero-order chi connectivity index (χ0) is 19.3. The van der Waals surface area contributed by atoms with Crippen LogP contribution in [0.1, 0.15) is 11.1 Å². The molecule has 1 N–H and O–H groups in total. The summed E-state index contributed by atoms with van der Waals surface area (Å²) >= 11 is 12.3. The molecule has 2 aliphatic rings. The Balaban J connectivity index is 1.72. The molecule has 1 amide bonds. The predicted molar refractivity (Wildman–Crippen MR) is 110 cm³/mol. The number of hydrazone groups is 1. The molecular weight excluding hydrogens is 397 g/mol. The Bertz CT molecular complexity index is 1130. The number of carbonyl (C=O) groups excluding carboxylic acids is 1. The first-order valence-electron chi connectivity index (χ1n) is 8.58. The van der Waals surface area contributed by atoms with Gasteiger partial charge in [-0.2, -0.15) is 0 Å². The van der Waals surface area contributed by atoms with Crippen molar-refractivity contribution >= 4 is 46.4 Å². The number of rotatable bonds is 2. The summed E-state index contributed by atoms with van der Waals surface area (Å²) in [5, 5.41) is 10.1. The highest BCUT2D eigenvalue weighted by molar-refractivity contribution is 6.31. The summed E-state index contributed by atoms with van der Waals surface area (Å²) in [6, 6.07) is 21.8. The number of hydrogen-bond donors (Lipinski definition) is 1. The molecule has 0 bridgehead atoms. The molecule has 3 aromatic rings. The van der Waals surface area contributed by atoms with E-state index in [9.17, 15) is 4.79 Å². The minimum atomic E-state index is -1.48. The van der Waals surface area contributed by atoms with Crippen LogP contribution in [0.2, 0.25) is 10.0 Å². The highest BCUT2D eigenvalue weighted by Gasteiger charge is 2.59. The second-order valence-corrected chi connectivity index (χ2v) is 7.33. The van der Waals surface area contributed by atoms with Crippen molar-refractivity contribution in [1.82, 2.24) is 0 Å². The molecule has 0 aromatic heterocycles. The average Bonchev–Trinajstić information content (AvgIpc) is 3.22. The molecule has 7 heteroatoms. The normalized spacial score (nSPS) is 20.0. The predicted octanol–water partition coefficient (Wildman–Crippen LogP) is 5.00. The van der Waals surface area contributed by atoms with Gasteiger partial charge in [0.15, 0.2) is 0 Å². The second-order valence-electron chi connectivity index (χ2n) is 6.45. The van der Waals surface area contributed by atoms with Crippen LogP contribution in [0.25, 0.3) is 0 Å². The first kappa shape index (κ1) is 17.1. The molecule has 5 nitrogen and oxygen atoms in total. The van der Waals surface area contributed by atoms with Gasteiger partial charge in [0, 0.05) is 15.6 Å². The van der Waals surface area contributed by atoms with Crippen LogP contribution < -0.4 is 10.3 Å². The van der Waals surface area contributed by atoms with E-state index in [2.05, 4.69) is 10.4 Å². The van der Waals surface area contributed by atoms with Crippen LogP contribution in [0.15, 0.2) is 77.9 Å². The molecule has 5 rings (SSSR count). The maximum Gasteiger partial charge on any atom is 0.311 e. The molecule has 2 aliphatic heterocycles. The Morgan fingerprint density at radius 2 is 1.71 bits per heavy atom. The molecular formula is C21H13Cl2N3O2. The number of nitrogens with one attached hydrogen (secondary N) is 1. The van der Waals surface area contributed by atoms with E-state index in [-0.39, 0.29) is 5.91 Å². The van der Waals surface area contributed by atoms with Crippen molar-refractivity contribution in [2.75, 3.05) is 10.3 Å². The summed E-state index contributed by atoms with van der Waals surface area (Å²) in [4.78, 5) is 13.2. The van der Waals surface area contributed by atoms with Gasteiger partial charge in [-0.15, -0.1) is 5.10 Å². The quantitative estimate of drug-likeness (QED) is 0.647. The van der Waals surface area contributed by atoms with Gasteiger partial charge in [0.25, 0.3) is 5.91 Å². The van der Waals surface area contributed by atoms with E-state index in [1.54, 1.807) is 41.4 Å². The van der Waals surface area contributed by atoms with E-state index >= 15 is 0 Å². The van der Waals surface area contributed by atoms with Gasteiger partial charge in [-0.1, -0.05) is 47.5 Å². The van der Waals surface area contributed by atoms with E-state index in [1.165, 1.54) is 0 Å². The molecule has 0 aliphatic carbocycles.